The second-order valence-electron chi connectivity index (χ2n) is 13.8. The highest BCUT2D eigenvalue weighted by molar-refractivity contribution is 5.89. The van der Waals surface area contributed by atoms with Gasteiger partial charge in [0.1, 0.15) is 0 Å². The van der Waals surface area contributed by atoms with Crippen molar-refractivity contribution in [3.8, 4) is 78.4 Å². The van der Waals surface area contributed by atoms with E-state index in [4.69, 9.17) is 9.97 Å². The van der Waals surface area contributed by atoms with Gasteiger partial charge in [0.25, 0.3) is 0 Å². The number of benzene rings is 7. The first-order valence-electron chi connectivity index (χ1n) is 17.6. The molecule has 7 aromatic carbocycles. The molecule has 1 aliphatic rings. The summed E-state index contributed by atoms with van der Waals surface area (Å²) in [5.74, 6) is 0.703. The average molecular weight is 653 g/mol. The van der Waals surface area contributed by atoms with Gasteiger partial charge in [0, 0.05) is 22.1 Å². The van der Waals surface area contributed by atoms with Crippen LogP contribution < -0.4 is 0 Å². The van der Waals surface area contributed by atoms with Gasteiger partial charge in [-0.2, -0.15) is 0 Å². The first-order chi connectivity index (χ1) is 25.0. The standard InChI is InChI=1S/C49H36N2/c1-49(2)44-28-10-9-25-42(44)43-27-14-26-41(47(43)49)37-21-13-24-40(31-37)48-50-45(38-22-11-19-35(29-38)33-15-5-3-6-16-33)32-46(51-48)39-23-12-20-36(30-39)34-17-7-4-8-18-34/h3-32H,1-2H3. The molecule has 0 fully saturated rings. The number of aromatic nitrogens is 2. The molecule has 0 radical (unpaired) electrons. The maximum atomic E-state index is 5.27. The zero-order valence-corrected chi connectivity index (χ0v) is 28.7. The molecule has 0 N–H and O–H groups in total. The summed E-state index contributed by atoms with van der Waals surface area (Å²) in [6, 6.07) is 64.8. The van der Waals surface area contributed by atoms with E-state index in [-0.39, 0.29) is 5.41 Å². The van der Waals surface area contributed by atoms with Crippen LogP contribution in [0.1, 0.15) is 25.0 Å². The highest BCUT2D eigenvalue weighted by Crippen LogP contribution is 2.52. The zero-order valence-electron chi connectivity index (χ0n) is 28.7. The van der Waals surface area contributed by atoms with Gasteiger partial charge in [-0.3, -0.25) is 0 Å². The number of rotatable bonds is 6. The Hall–Kier alpha value is -6.38. The topological polar surface area (TPSA) is 25.8 Å². The molecule has 2 nitrogen and oxygen atoms in total. The molecule has 0 bridgehead atoms. The molecule has 1 aromatic heterocycles. The Kier molecular flexibility index (Phi) is 7.51. The Morgan fingerprint density at radius 1 is 0.333 bits per heavy atom. The highest BCUT2D eigenvalue weighted by Gasteiger charge is 2.37. The van der Waals surface area contributed by atoms with Crippen LogP contribution >= 0.6 is 0 Å². The van der Waals surface area contributed by atoms with Crippen LogP contribution in [-0.2, 0) is 5.41 Å². The maximum absolute atomic E-state index is 5.27. The summed E-state index contributed by atoms with van der Waals surface area (Å²) in [6.07, 6.45) is 0. The lowest BCUT2D eigenvalue weighted by atomic mass is 9.79. The zero-order chi connectivity index (χ0) is 34.4. The molecule has 0 spiro atoms. The first kappa shape index (κ1) is 30.7. The molecule has 0 amide bonds. The van der Waals surface area contributed by atoms with Crippen LogP contribution in [0.2, 0.25) is 0 Å². The molecule has 0 saturated heterocycles. The molecule has 8 aromatic rings. The number of hydrogen-bond acceptors (Lipinski definition) is 2. The molecule has 242 valence electrons. The van der Waals surface area contributed by atoms with E-state index in [0.29, 0.717) is 5.82 Å². The number of hydrogen-bond donors (Lipinski definition) is 0. The number of fused-ring (bicyclic) bond motifs is 3. The molecule has 51 heavy (non-hydrogen) atoms. The summed E-state index contributed by atoms with van der Waals surface area (Å²) in [5, 5.41) is 0. The predicted molar refractivity (Wildman–Crippen MR) is 212 cm³/mol. The Morgan fingerprint density at radius 3 is 1.39 bits per heavy atom. The Morgan fingerprint density at radius 2 is 0.765 bits per heavy atom. The minimum Gasteiger partial charge on any atom is -0.228 e. The van der Waals surface area contributed by atoms with Gasteiger partial charge in [0.05, 0.1) is 11.4 Å². The third-order valence-electron chi connectivity index (χ3n) is 10.3. The van der Waals surface area contributed by atoms with Crippen molar-refractivity contribution in [3.63, 3.8) is 0 Å². The van der Waals surface area contributed by atoms with Gasteiger partial charge < -0.3 is 0 Å². The van der Waals surface area contributed by atoms with E-state index >= 15 is 0 Å². The molecule has 1 heterocycles. The van der Waals surface area contributed by atoms with Crippen molar-refractivity contribution < 1.29 is 0 Å². The van der Waals surface area contributed by atoms with Gasteiger partial charge in [-0.05, 0) is 79.9 Å². The smallest absolute Gasteiger partial charge is 0.160 e. The second-order valence-corrected chi connectivity index (χ2v) is 13.8. The molecular weight excluding hydrogens is 617 g/mol. The minimum atomic E-state index is -0.115. The van der Waals surface area contributed by atoms with Crippen LogP contribution in [0.4, 0.5) is 0 Å². The molecule has 2 heteroatoms. The average Bonchev–Trinajstić information content (AvgIpc) is 3.44. The minimum absolute atomic E-state index is 0.115. The fourth-order valence-electron chi connectivity index (χ4n) is 7.76. The van der Waals surface area contributed by atoms with Crippen molar-refractivity contribution >= 4 is 0 Å². The van der Waals surface area contributed by atoms with Crippen LogP contribution in [0.5, 0.6) is 0 Å². The van der Waals surface area contributed by atoms with Crippen LogP contribution in [0.25, 0.3) is 78.4 Å². The van der Waals surface area contributed by atoms with Crippen molar-refractivity contribution in [2.75, 3.05) is 0 Å². The normalized spacial score (nSPS) is 12.7. The van der Waals surface area contributed by atoms with Gasteiger partial charge in [-0.15, -0.1) is 0 Å². The SMILES string of the molecule is CC1(C)c2ccccc2-c2cccc(-c3cccc(-c4nc(-c5cccc(-c6ccccc6)c5)cc(-c5cccc(-c6ccccc6)c5)n4)c3)c21. The Balaban J connectivity index is 1.20. The second kappa shape index (κ2) is 12.5. The maximum Gasteiger partial charge on any atom is 0.160 e. The van der Waals surface area contributed by atoms with Crippen LogP contribution in [0.15, 0.2) is 182 Å². The van der Waals surface area contributed by atoms with Gasteiger partial charge >= 0.3 is 0 Å². The highest BCUT2D eigenvalue weighted by atomic mass is 14.9. The van der Waals surface area contributed by atoms with Crippen LogP contribution in [0, 0.1) is 0 Å². The summed E-state index contributed by atoms with van der Waals surface area (Å²) >= 11 is 0. The van der Waals surface area contributed by atoms with Crippen molar-refractivity contribution in [3.05, 3.63) is 193 Å². The third-order valence-corrected chi connectivity index (χ3v) is 10.3. The van der Waals surface area contributed by atoms with Gasteiger partial charge in [0.2, 0.25) is 0 Å². The summed E-state index contributed by atoms with van der Waals surface area (Å²) in [4.78, 5) is 10.5. The van der Waals surface area contributed by atoms with Crippen molar-refractivity contribution in [2.24, 2.45) is 0 Å². The van der Waals surface area contributed by atoms with Crippen LogP contribution in [0.3, 0.4) is 0 Å². The quantitative estimate of drug-likeness (QED) is 0.179. The van der Waals surface area contributed by atoms with Crippen molar-refractivity contribution in [2.45, 2.75) is 19.3 Å². The summed E-state index contributed by atoms with van der Waals surface area (Å²) in [7, 11) is 0. The summed E-state index contributed by atoms with van der Waals surface area (Å²) in [6.45, 7) is 4.69. The summed E-state index contributed by atoms with van der Waals surface area (Å²) in [5.41, 5.74) is 17.2. The lowest BCUT2D eigenvalue weighted by molar-refractivity contribution is 0.662. The monoisotopic (exact) mass is 652 g/mol. The summed E-state index contributed by atoms with van der Waals surface area (Å²) < 4.78 is 0. The molecular formula is C49H36N2. The van der Waals surface area contributed by atoms with Gasteiger partial charge in [-0.25, -0.2) is 9.97 Å². The Bertz CT molecular complexity index is 2450. The fourth-order valence-corrected chi connectivity index (χ4v) is 7.76. The van der Waals surface area contributed by atoms with Crippen LogP contribution in [-0.4, -0.2) is 9.97 Å². The van der Waals surface area contributed by atoms with Crippen molar-refractivity contribution in [1.29, 1.82) is 0 Å². The lowest BCUT2D eigenvalue weighted by Crippen LogP contribution is -2.16. The number of nitrogens with zero attached hydrogens (tertiary/aromatic N) is 2. The van der Waals surface area contributed by atoms with E-state index in [1.54, 1.807) is 0 Å². The molecule has 1 aliphatic carbocycles. The molecule has 9 rings (SSSR count). The van der Waals surface area contributed by atoms with E-state index in [0.717, 1.165) is 44.8 Å². The molecule has 0 atom stereocenters. The largest absolute Gasteiger partial charge is 0.228 e. The third kappa shape index (κ3) is 5.56. The van der Waals surface area contributed by atoms with Gasteiger partial charge in [-0.1, -0.05) is 172 Å². The lowest BCUT2D eigenvalue weighted by Gasteiger charge is -2.24. The Labute approximate surface area is 299 Å². The molecule has 0 unspecified atom stereocenters. The predicted octanol–water partition coefficient (Wildman–Crippen LogP) is 12.8. The van der Waals surface area contributed by atoms with Gasteiger partial charge in [0.15, 0.2) is 5.82 Å². The van der Waals surface area contributed by atoms with E-state index in [9.17, 15) is 0 Å². The van der Waals surface area contributed by atoms with E-state index in [1.807, 2.05) is 0 Å². The molecule has 0 aliphatic heterocycles. The van der Waals surface area contributed by atoms with E-state index in [2.05, 4.69) is 196 Å². The fraction of sp³-hybridized carbons (Fsp3) is 0.0612. The first-order valence-corrected chi connectivity index (χ1v) is 17.6. The van der Waals surface area contributed by atoms with E-state index in [1.165, 1.54) is 38.9 Å². The van der Waals surface area contributed by atoms with E-state index < -0.39 is 0 Å². The molecule has 0 saturated carbocycles. The van der Waals surface area contributed by atoms with Crippen molar-refractivity contribution in [1.82, 2.24) is 9.97 Å².